The molecule has 1 aliphatic heterocycles. The van der Waals surface area contributed by atoms with Crippen molar-refractivity contribution in [2.24, 2.45) is 22.7 Å². The van der Waals surface area contributed by atoms with E-state index in [4.69, 9.17) is 0 Å². The highest BCUT2D eigenvalue weighted by molar-refractivity contribution is 14.0. The van der Waals surface area contributed by atoms with Gasteiger partial charge in [-0.05, 0) is 43.4 Å². The van der Waals surface area contributed by atoms with Crippen LogP contribution in [0.5, 0.6) is 0 Å². The summed E-state index contributed by atoms with van der Waals surface area (Å²) in [6, 6.07) is 0. The number of nitrogens with zero attached hydrogens (tertiary/aromatic N) is 2. The SMILES string of the molecule is CC(C)C1CCC(CNC2=NCCN2C)CC1.I. The molecule has 2 rings (SSSR count). The van der Waals surface area contributed by atoms with E-state index in [1.807, 2.05) is 0 Å². The highest BCUT2D eigenvalue weighted by Gasteiger charge is 2.23. The molecule has 0 amide bonds. The van der Waals surface area contributed by atoms with Crippen molar-refractivity contribution in [1.29, 1.82) is 0 Å². The number of hydrogen-bond acceptors (Lipinski definition) is 3. The quantitative estimate of drug-likeness (QED) is 0.779. The fraction of sp³-hybridized carbons (Fsp3) is 0.929. The van der Waals surface area contributed by atoms with Gasteiger partial charge in [0.15, 0.2) is 5.96 Å². The Morgan fingerprint density at radius 3 is 2.44 bits per heavy atom. The molecule has 1 saturated carbocycles. The number of rotatable bonds is 3. The molecule has 3 nitrogen and oxygen atoms in total. The number of hydrogen-bond donors (Lipinski definition) is 1. The standard InChI is InChI=1S/C14H27N3.HI/c1-11(2)13-6-4-12(5-7-13)10-16-14-15-8-9-17(14)3;/h11-13H,4-10H2,1-3H3,(H,15,16);1H. The summed E-state index contributed by atoms with van der Waals surface area (Å²) in [5.74, 6) is 3.81. The molecule has 0 bridgehead atoms. The Balaban J connectivity index is 0.00000162. The van der Waals surface area contributed by atoms with Gasteiger partial charge in [0.1, 0.15) is 0 Å². The lowest BCUT2D eigenvalue weighted by atomic mass is 9.77. The maximum Gasteiger partial charge on any atom is 0.193 e. The van der Waals surface area contributed by atoms with Crippen LogP contribution in [0.25, 0.3) is 0 Å². The van der Waals surface area contributed by atoms with Crippen molar-refractivity contribution in [2.75, 3.05) is 26.7 Å². The first-order valence-corrected chi connectivity index (χ1v) is 7.16. The minimum absolute atomic E-state index is 0. The first kappa shape index (κ1) is 16.1. The lowest BCUT2D eigenvalue weighted by molar-refractivity contribution is 0.224. The summed E-state index contributed by atoms with van der Waals surface area (Å²) in [6.07, 6.45) is 5.64. The van der Waals surface area contributed by atoms with E-state index in [1.54, 1.807) is 0 Å². The highest BCUT2D eigenvalue weighted by atomic mass is 127. The molecule has 0 unspecified atom stereocenters. The molecule has 0 atom stereocenters. The van der Waals surface area contributed by atoms with Gasteiger partial charge in [0, 0.05) is 20.1 Å². The van der Waals surface area contributed by atoms with Crippen molar-refractivity contribution < 1.29 is 0 Å². The summed E-state index contributed by atoms with van der Waals surface area (Å²) in [6.45, 7) is 7.88. The lowest BCUT2D eigenvalue weighted by Gasteiger charge is -2.31. The molecule has 18 heavy (non-hydrogen) atoms. The third-order valence-electron chi connectivity index (χ3n) is 4.44. The molecule has 0 radical (unpaired) electrons. The van der Waals surface area contributed by atoms with Gasteiger partial charge in [-0.1, -0.05) is 13.8 Å². The molecule has 1 aliphatic carbocycles. The largest absolute Gasteiger partial charge is 0.356 e. The topological polar surface area (TPSA) is 27.6 Å². The lowest BCUT2D eigenvalue weighted by Crippen LogP contribution is -2.39. The Labute approximate surface area is 129 Å². The van der Waals surface area contributed by atoms with Gasteiger partial charge in [-0.3, -0.25) is 4.99 Å². The van der Waals surface area contributed by atoms with E-state index in [1.165, 1.54) is 25.7 Å². The molecule has 1 fully saturated rings. The molecule has 106 valence electrons. The van der Waals surface area contributed by atoms with Crippen LogP contribution in [0.1, 0.15) is 39.5 Å². The second kappa shape index (κ2) is 7.56. The maximum absolute atomic E-state index is 4.48. The predicted octanol–water partition coefficient (Wildman–Crippen LogP) is 2.96. The average Bonchev–Trinajstić information content (AvgIpc) is 2.73. The van der Waals surface area contributed by atoms with E-state index in [9.17, 15) is 0 Å². The molecule has 1 heterocycles. The van der Waals surface area contributed by atoms with Crippen molar-refractivity contribution in [3.63, 3.8) is 0 Å². The minimum Gasteiger partial charge on any atom is -0.356 e. The van der Waals surface area contributed by atoms with Gasteiger partial charge in [-0.15, -0.1) is 24.0 Å². The maximum atomic E-state index is 4.48. The van der Waals surface area contributed by atoms with Crippen LogP contribution in [0.3, 0.4) is 0 Å². The van der Waals surface area contributed by atoms with E-state index in [0.717, 1.165) is 43.3 Å². The second-order valence-electron chi connectivity index (χ2n) is 6.03. The van der Waals surface area contributed by atoms with Crippen molar-refractivity contribution >= 4 is 29.9 Å². The highest BCUT2D eigenvalue weighted by Crippen LogP contribution is 2.32. The molecule has 0 aromatic heterocycles. The van der Waals surface area contributed by atoms with Crippen molar-refractivity contribution in [2.45, 2.75) is 39.5 Å². The molecule has 2 aliphatic rings. The summed E-state index contributed by atoms with van der Waals surface area (Å²) in [4.78, 5) is 6.70. The summed E-state index contributed by atoms with van der Waals surface area (Å²) in [5, 5.41) is 3.52. The zero-order valence-electron chi connectivity index (χ0n) is 12.0. The Morgan fingerprint density at radius 2 is 1.94 bits per heavy atom. The molecule has 0 spiro atoms. The smallest absolute Gasteiger partial charge is 0.193 e. The third kappa shape index (κ3) is 4.28. The normalized spacial score (nSPS) is 28.0. The number of nitrogens with one attached hydrogen (secondary N) is 1. The fourth-order valence-corrected chi connectivity index (χ4v) is 3.02. The number of likely N-dealkylation sites (N-methyl/N-ethyl adjacent to an activating group) is 1. The summed E-state index contributed by atoms with van der Waals surface area (Å²) in [7, 11) is 2.12. The molecular formula is C14H28IN3. The van der Waals surface area contributed by atoms with Crippen LogP contribution in [0.15, 0.2) is 4.99 Å². The molecule has 4 heteroatoms. The molecular weight excluding hydrogens is 337 g/mol. The Bertz CT molecular complexity index is 270. The van der Waals surface area contributed by atoms with Crippen LogP contribution in [0.4, 0.5) is 0 Å². The van der Waals surface area contributed by atoms with Crippen LogP contribution in [0.2, 0.25) is 0 Å². The van der Waals surface area contributed by atoms with Crippen LogP contribution in [-0.2, 0) is 0 Å². The zero-order valence-corrected chi connectivity index (χ0v) is 14.3. The van der Waals surface area contributed by atoms with Gasteiger partial charge in [0.25, 0.3) is 0 Å². The van der Waals surface area contributed by atoms with Gasteiger partial charge < -0.3 is 10.2 Å². The molecule has 0 aromatic carbocycles. The second-order valence-corrected chi connectivity index (χ2v) is 6.03. The van der Waals surface area contributed by atoms with E-state index in [2.05, 4.69) is 36.1 Å². The van der Waals surface area contributed by atoms with Crippen LogP contribution >= 0.6 is 24.0 Å². The third-order valence-corrected chi connectivity index (χ3v) is 4.44. The molecule has 0 aromatic rings. The zero-order chi connectivity index (χ0) is 12.3. The van der Waals surface area contributed by atoms with Crippen LogP contribution < -0.4 is 5.32 Å². The van der Waals surface area contributed by atoms with Crippen LogP contribution in [-0.4, -0.2) is 37.5 Å². The number of aliphatic imine (C=N–C) groups is 1. The number of guanidine groups is 1. The Hall–Kier alpha value is 0. The van der Waals surface area contributed by atoms with Gasteiger partial charge in [0.05, 0.1) is 6.54 Å². The summed E-state index contributed by atoms with van der Waals surface area (Å²) in [5.41, 5.74) is 0. The van der Waals surface area contributed by atoms with Crippen molar-refractivity contribution in [1.82, 2.24) is 10.2 Å². The van der Waals surface area contributed by atoms with E-state index >= 15 is 0 Å². The van der Waals surface area contributed by atoms with Crippen molar-refractivity contribution in [3.8, 4) is 0 Å². The van der Waals surface area contributed by atoms with E-state index in [-0.39, 0.29) is 24.0 Å². The average molecular weight is 365 g/mol. The summed E-state index contributed by atoms with van der Waals surface area (Å²) >= 11 is 0. The molecule has 0 saturated heterocycles. The van der Waals surface area contributed by atoms with E-state index < -0.39 is 0 Å². The van der Waals surface area contributed by atoms with Gasteiger partial charge in [0.2, 0.25) is 0 Å². The first-order valence-electron chi connectivity index (χ1n) is 7.16. The van der Waals surface area contributed by atoms with Gasteiger partial charge in [-0.2, -0.15) is 0 Å². The molecule has 1 N–H and O–H groups in total. The van der Waals surface area contributed by atoms with Crippen molar-refractivity contribution in [3.05, 3.63) is 0 Å². The summed E-state index contributed by atoms with van der Waals surface area (Å²) < 4.78 is 0. The van der Waals surface area contributed by atoms with Gasteiger partial charge in [-0.25, -0.2) is 0 Å². The minimum atomic E-state index is 0. The van der Waals surface area contributed by atoms with E-state index in [0.29, 0.717) is 0 Å². The monoisotopic (exact) mass is 365 g/mol. The number of halogens is 1. The first-order chi connectivity index (χ1) is 8.16. The van der Waals surface area contributed by atoms with Gasteiger partial charge >= 0.3 is 0 Å². The predicted molar refractivity (Wildman–Crippen MR) is 88.6 cm³/mol. The fourth-order valence-electron chi connectivity index (χ4n) is 3.02. The van der Waals surface area contributed by atoms with Crippen LogP contribution in [0, 0.1) is 17.8 Å². The Kier molecular flexibility index (Phi) is 6.74. The Morgan fingerprint density at radius 1 is 1.28 bits per heavy atom.